The van der Waals surface area contributed by atoms with E-state index in [2.05, 4.69) is 14.9 Å². The molecule has 0 spiro atoms. The standard InChI is InChI=1S/C23H23ClN4O2S/c1-3-30-20(29)14-28-22(21(26-23(28)31)18-7-4-5-11-25-18)19-8-6-12-27(19)16-9-10-17(24)15(2)13-16/h4-13,21-22H,3,14H2,1-2H3,(H,26,31)/t21-,22-/m1/s1. The number of aromatic nitrogens is 2. The molecule has 160 valence electrons. The lowest BCUT2D eigenvalue weighted by Crippen LogP contribution is -2.36. The van der Waals surface area contributed by atoms with Crippen molar-refractivity contribution >= 4 is 34.9 Å². The quantitative estimate of drug-likeness (QED) is 0.441. The number of esters is 1. The number of aryl methyl sites for hydroxylation is 1. The minimum Gasteiger partial charge on any atom is -0.465 e. The van der Waals surface area contributed by atoms with Gasteiger partial charge in [-0.3, -0.25) is 9.78 Å². The summed E-state index contributed by atoms with van der Waals surface area (Å²) in [7, 11) is 0. The van der Waals surface area contributed by atoms with Gasteiger partial charge in [0.15, 0.2) is 5.11 Å². The molecule has 2 aromatic heterocycles. The molecule has 0 amide bonds. The largest absolute Gasteiger partial charge is 0.465 e. The average Bonchev–Trinajstić information content (AvgIpc) is 3.36. The summed E-state index contributed by atoms with van der Waals surface area (Å²) in [6, 6.07) is 15.2. The Morgan fingerprint density at radius 1 is 1.26 bits per heavy atom. The predicted molar refractivity (Wildman–Crippen MR) is 124 cm³/mol. The minimum absolute atomic E-state index is 0.0541. The van der Waals surface area contributed by atoms with Gasteiger partial charge in [-0.1, -0.05) is 17.7 Å². The van der Waals surface area contributed by atoms with Gasteiger partial charge < -0.3 is 19.5 Å². The molecule has 0 radical (unpaired) electrons. The Morgan fingerprint density at radius 3 is 2.81 bits per heavy atom. The van der Waals surface area contributed by atoms with Gasteiger partial charge in [-0.2, -0.15) is 0 Å². The molecule has 4 rings (SSSR count). The van der Waals surface area contributed by atoms with E-state index >= 15 is 0 Å². The molecule has 1 saturated heterocycles. The van der Waals surface area contributed by atoms with Crippen LogP contribution in [0.25, 0.3) is 5.69 Å². The summed E-state index contributed by atoms with van der Waals surface area (Å²) in [5, 5.41) is 4.57. The topological polar surface area (TPSA) is 59.4 Å². The second-order valence-corrected chi connectivity index (χ2v) is 8.09. The van der Waals surface area contributed by atoms with Gasteiger partial charge in [0.1, 0.15) is 6.54 Å². The summed E-state index contributed by atoms with van der Waals surface area (Å²) in [6.45, 7) is 4.14. The number of halogens is 1. The molecular formula is C23H23ClN4O2S. The summed E-state index contributed by atoms with van der Waals surface area (Å²) in [5.74, 6) is -0.321. The molecule has 3 heterocycles. The SMILES string of the molecule is CCOC(=O)CN1C(=S)N[C@H](c2ccccn2)[C@H]1c1cccn1-c1ccc(Cl)c(C)c1. The number of pyridine rings is 1. The summed E-state index contributed by atoms with van der Waals surface area (Å²) in [6.07, 6.45) is 3.75. The molecule has 0 bridgehead atoms. The summed E-state index contributed by atoms with van der Waals surface area (Å²) < 4.78 is 7.29. The Bertz CT molecular complexity index is 1100. The molecule has 8 heteroatoms. The number of carbonyl (C=O) groups excluding carboxylic acids is 1. The number of hydrogen-bond acceptors (Lipinski definition) is 4. The van der Waals surface area contributed by atoms with Crippen LogP contribution in [-0.2, 0) is 9.53 Å². The maximum atomic E-state index is 12.4. The van der Waals surface area contributed by atoms with Crippen molar-refractivity contribution < 1.29 is 9.53 Å². The van der Waals surface area contributed by atoms with Crippen LogP contribution in [-0.4, -0.2) is 38.7 Å². The van der Waals surface area contributed by atoms with E-state index in [-0.39, 0.29) is 24.6 Å². The van der Waals surface area contributed by atoms with Crippen LogP contribution >= 0.6 is 23.8 Å². The fourth-order valence-corrected chi connectivity index (χ4v) is 4.31. The molecule has 3 aromatic rings. The Kier molecular flexibility index (Phi) is 6.25. The maximum absolute atomic E-state index is 12.4. The lowest BCUT2D eigenvalue weighted by Gasteiger charge is -2.28. The fourth-order valence-electron chi connectivity index (χ4n) is 3.89. The molecule has 0 saturated carbocycles. The molecule has 1 aliphatic heterocycles. The third kappa shape index (κ3) is 4.29. The van der Waals surface area contributed by atoms with Crippen LogP contribution in [0.15, 0.2) is 60.9 Å². The van der Waals surface area contributed by atoms with E-state index < -0.39 is 0 Å². The van der Waals surface area contributed by atoms with E-state index in [1.807, 2.05) is 66.6 Å². The van der Waals surface area contributed by atoms with Crippen LogP contribution < -0.4 is 5.32 Å². The highest BCUT2D eigenvalue weighted by Gasteiger charge is 2.42. The van der Waals surface area contributed by atoms with E-state index in [9.17, 15) is 4.79 Å². The van der Waals surface area contributed by atoms with E-state index in [0.717, 1.165) is 27.7 Å². The fraction of sp³-hybridized carbons (Fsp3) is 0.261. The molecule has 2 atom stereocenters. The van der Waals surface area contributed by atoms with Crippen molar-refractivity contribution in [2.24, 2.45) is 0 Å². The minimum atomic E-state index is -0.321. The molecule has 0 unspecified atom stereocenters. The van der Waals surface area contributed by atoms with Crippen molar-refractivity contribution in [3.05, 3.63) is 82.9 Å². The molecular weight excluding hydrogens is 432 g/mol. The van der Waals surface area contributed by atoms with E-state index in [1.54, 1.807) is 13.1 Å². The van der Waals surface area contributed by atoms with Crippen LogP contribution in [0.2, 0.25) is 5.02 Å². The van der Waals surface area contributed by atoms with Crippen molar-refractivity contribution in [3.63, 3.8) is 0 Å². The second-order valence-electron chi connectivity index (χ2n) is 7.30. The van der Waals surface area contributed by atoms with Gasteiger partial charge in [0, 0.05) is 28.8 Å². The van der Waals surface area contributed by atoms with Gasteiger partial charge in [-0.05, 0) is 74.1 Å². The number of ether oxygens (including phenoxy) is 1. The predicted octanol–water partition coefficient (Wildman–Crippen LogP) is 4.37. The molecule has 0 aliphatic carbocycles. The van der Waals surface area contributed by atoms with Gasteiger partial charge >= 0.3 is 5.97 Å². The first-order chi connectivity index (χ1) is 15.0. The lowest BCUT2D eigenvalue weighted by molar-refractivity contribution is -0.143. The van der Waals surface area contributed by atoms with Crippen LogP contribution in [0.3, 0.4) is 0 Å². The van der Waals surface area contributed by atoms with Crippen molar-refractivity contribution in [2.75, 3.05) is 13.2 Å². The first kappa shape index (κ1) is 21.3. The van der Waals surface area contributed by atoms with Crippen molar-refractivity contribution in [1.29, 1.82) is 0 Å². The first-order valence-corrected chi connectivity index (χ1v) is 10.9. The van der Waals surface area contributed by atoms with Crippen LogP contribution in [0.4, 0.5) is 0 Å². The number of thiocarbonyl (C=S) groups is 1. The maximum Gasteiger partial charge on any atom is 0.325 e. The number of hydrogen-bond donors (Lipinski definition) is 1. The van der Waals surface area contributed by atoms with Gasteiger partial charge in [-0.25, -0.2) is 0 Å². The lowest BCUT2D eigenvalue weighted by atomic mass is 10.0. The highest BCUT2D eigenvalue weighted by atomic mass is 35.5. The Labute approximate surface area is 191 Å². The summed E-state index contributed by atoms with van der Waals surface area (Å²) in [4.78, 5) is 18.8. The molecule has 1 aromatic carbocycles. The summed E-state index contributed by atoms with van der Waals surface area (Å²) in [5.41, 5.74) is 3.80. The normalized spacial score (nSPS) is 18.2. The number of nitrogens with zero attached hydrogens (tertiary/aromatic N) is 3. The monoisotopic (exact) mass is 454 g/mol. The Morgan fingerprint density at radius 2 is 2.10 bits per heavy atom. The number of benzene rings is 1. The van der Waals surface area contributed by atoms with Gasteiger partial charge in [-0.15, -0.1) is 0 Å². The zero-order valence-electron chi connectivity index (χ0n) is 17.3. The third-order valence-electron chi connectivity index (χ3n) is 5.31. The van der Waals surface area contributed by atoms with Crippen molar-refractivity contribution in [3.8, 4) is 5.69 Å². The van der Waals surface area contributed by atoms with E-state index in [1.165, 1.54) is 0 Å². The smallest absolute Gasteiger partial charge is 0.325 e. The van der Waals surface area contributed by atoms with Gasteiger partial charge in [0.05, 0.1) is 24.4 Å². The number of carbonyl (C=O) groups is 1. The highest BCUT2D eigenvalue weighted by Crippen LogP contribution is 2.39. The third-order valence-corrected chi connectivity index (χ3v) is 6.08. The number of rotatable bonds is 6. The molecule has 31 heavy (non-hydrogen) atoms. The van der Waals surface area contributed by atoms with E-state index in [4.69, 9.17) is 28.6 Å². The molecule has 6 nitrogen and oxygen atoms in total. The van der Waals surface area contributed by atoms with Crippen molar-refractivity contribution in [1.82, 2.24) is 19.8 Å². The van der Waals surface area contributed by atoms with E-state index in [0.29, 0.717) is 11.7 Å². The zero-order valence-corrected chi connectivity index (χ0v) is 18.9. The van der Waals surface area contributed by atoms with Gasteiger partial charge in [0.2, 0.25) is 0 Å². The number of nitrogens with one attached hydrogen (secondary N) is 1. The molecule has 1 aliphatic rings. The highest BCUT2D eigenvalue weighted by molar-refractivity contribution is 7.80. The first-order valence-electron chi connectivity index (χ1n) is 10.1. The van der Waals surface area contributed by atoms with Crippen LogP contribution in [0, 0.1) is 6.92 Å². The average molecular weight is 455 g/mol. The molecule has 1 N–H and O–H groups in total. The Hall–Kier alpha value is -2.90. The van der Waals surface area contributed by atoms with Crippen LogP contribution in [0.5, 0.6) is 0 Å². The van der Waals surface area contributed by atoms with Crippen LogP contribution in [0.1, 0.15) is 36.0 Å². The summed E-state index contributed by atoms with van der Waals surface area (Å²) >= 11 is 11.9. The Balaban J connectivity index is 1.79. The van der Waals surface area contributed by atoms with Crippen molar-refractivity contribution in [2.45, 2.75) is 25.9 Å². The molecule has 1 fully saturated rings. The zero-order chi connectivity index (χ0) is 22.0. The second kappa shape index (κ2) is 9.08. The van der Waals surface area contributed by atoms with Gasteiger partial charge in [0.25, 0.3) is 0 Å².